The van der Waals surface area contributed by atoms with Crippen molar-refractivity contribution in [3.05, 3.63) is 28.8 Å². The van der Waals surface area contributed by atoms with Crippen LogP contribution in [0.2, 0.25) is 0 Å². The Labute approximate surface area is 133 Å². The number of Topliss-reactive ketones (excluding diaryl/α,β-unsaturated/α-hetero) is 1. The van der Waals surface area contributed by atoms with Crippen LogP contribution < -0.4 is 10.1 Å². The van der Waals surface area contributed by atoms with E-state index in [0.29, 0.717) is 0 Å². The van der Waals surface area contributed by atoms with Crippen molar-refractivity contribution >= 4 is 5.78 Å². The van der Waals surface area contributed by atoms with Crippen LogP contribution in [-0.2, 0) is 0 Å². The van der Waals surface area contributed by atoms with Crippen molar-refractivity contribution in [3.8, 4) is 5.75 Å². The van der Waals surface area contributed by atoms with Crippen molar-refractivity contribution in [1.29, 1.82) is 0 Å². The molecule has 1 saturated heterocycles. The lowest BCUT2D eigenvalue weighted by molar-refractivity contribution is 0.0814. The molecule has 0 spiro atoms. The minimum atomic E-state index is -0.113. The first kappa shape index (κ1) is 17.0. The summed E-state index contributed by atoms with van der Waals surface area (Å²) in [5, 5.41) is 3.33. The molecular formula is C18H28N2O2. The zero-order valence-corrected chi connectivity index (χ0v) is 14.4. The highest BCUT2D eigenvalue weighted by Crippen LogP contribution is 2.28. The van der Waals surface area contributed by atoms with Gasteiger partial charge in [-0.25, -0.2) is 0 Å². The average molecular weight is 304 g/mol. The van der Waals surface area contributed by atoms with Crippen molar-refractivity contribution in [1.82, 2.24) is 10.2 Å². The normalized spacial score (nSPS) is 17.5. The molecule has 1 unspecified atom stereocenters. The van der Waals surface area contributed by atoms with Gasteiger partial charge in [0.15, 0.2) is 5.78 Å². The Balaban J connectivity index is 2.30. The Hall–Kier alpha value is -1.39. The number of piperazine rings is 1. The van der Waals surface area contributed by atoms with Gasteiger partial charge in [0.05, 0.1) is 17.7 Å². The van der Waals surface area contributed by atoms with Crippen LogP contribution in [0.4, 0.5) is 0 Å². The molecule has 0 aromatic heterocycles. The van der Waals surface area contributed by atoms with Crippen molar-refractivity contribution in [3.63, 3.8) is 0 Å². The van der Waals surface area contributed by atoms with Gasteiger partial charge < -0.3 is 10.1 Å². The molecule has 0 saturated carbocycles. The standard InChI is InChI=1S/C18H28N2O2/c1-12(2)22-18-14(4)10-13(3)11-16(18)17(21)15(5)20-8-6-19-7-9-20/h10-12,15,19H,6-9H2,1-5H3. The van der Waals surface area contributed by atoms with Gasteiger partial charge in [-0.1, -0.05) is 6.07 Å². The van der Waals surface area contributed by atoms with Gasteiger partial charge in [0.25, 0.3) is 0 Å². The number of rotatable bonds is 5. The summed E-state index contributed by atoms with van der Waals surface area (Å²) in [7, 11) is 0. The molecule has 1 atom stereocenters. The summed E-state index contributed by atoms with van der Waals surface area (Å²) in [5.74, 6) is 0.900. The lowest BCUT2D eigenvalue weighted by Crippen LogP contribution is -2.50. The van der Waals surface area contributed by atoms with E-state index in [-0.39, 0.29) is 17.9 Å². The number of ketones is 1. The van der Waals surface area contributed by atoms with Gasteiger partial charge in [0, 0.05) is 26.2 Å². The summed E-state index contributed by atoms with van der Waals surface area (Å²) in [6, 6.07) is 3.92. The third kappa shape index (κ3) is 3.87. The van der Waals surface area contributed by atoms with Gasteiger partial charge in [-0.2, -0.15) is 0 Å². The maximum absolute atomic E-state index is 13.0. The Bertz CT molecular complexity index is 534. The summed E-state index contributed by atoms with van der Waals surface area (Å²) in [6.07, 6.45) is 0.0578. The highest BCUT2D eigenvalue weighted by atomic mass is 16.5. The summed E-state index contributed by atoms with van der Waals surface area (Å²) in [5.41, 5.74) is 2.85. The molecule has 0 aliphatic carbocycles. The quantitative estimate of drug-likeness (QED) is 0.849. The zero-order chi connectivity index (χ0) is 16.3. The molecule has 0 bridgehead atoms. The predicted molar refractivity (Wildman–Crippen MR) is 89.9 cm³/mol. The van der Waals surface area contributed by atoms with E-state index in [2.05, 4.69) is 16.3 Å². The second-order valence-corrected chi connectivity index (χ2v) is 6.45. The Morgan fingerprint density at radius 1 is 1.18 bits per heavy atom. The third-order valence-corrected chi connectivity index (χ3v) is 4.12. The lowest BCUT2D eigenvalue weighted by Gasteiger charge is -2.32. The minimum Gasteiger partial charge on any atom is -0.490 e. The fourth-order valence-corrected chi connectivity index (χ4v) is 2.99. The topological polar surface area (TPSA) is 41.6 Å². The molecule has 0 radical (unpaired) electrons. The monoisotopic (exact) mass is 304 g/mol. The van der Waals surface area contributed by atoms with Crippen molar-refractivity contribution in [2.24, 2.45) is 0 Å². The molecule has 1 aliphatic rings. The largest absolute Gasteiger partial charge is 0.490 e. The molecule has 1 N–H and O–H groups in total. The van der Waals surface area contributed by atoms with Crippen LogP contribution in [0, 0.1) is 13.8 Å². The van der Waals surface area contributed by atoms with Crippen molar-refractivity contribution < 1.29 is 9.53 Å². The number of hydrogen-bond donors (Lipinski definition) is 1. The van der Waals surface area contributed by atoms with Crippen LogP contribution in [0.3, 0.4) is 0 Å². The van der Waals surface area contributed by atoms with Gasteiger partial charge in [0.2, 0.25) is 0 Å². The minimum absolute atomic E-state index is 0.0578. The van der Waals surface area contributed by atoms with Crippen LogP contribution >= 0.6 is 0 Å². The fourth-order valence-electron chi connectivity index (χ4n) is 2.99. The Morgan fingerprint density at radius 3 is 2.41 bits per heavy atom. The summed E-state index contributed by atoms with van der Waals surface area (Å²) >= 11 is 0. The van der Waals surface area contributed by atoms with Crippen LogP contribution in [0.15, 0.2) is 12.1 Å². The van der Waals surface area contributed by atoms with Gasteiger partial charge in [-0.05, 0) is 51.8 Å². The van der Waals surface area contributed by atoms with E-state index in [1.807, 2.05) is 40.7 Å². The van der Waals surface area contributed by atoms with E-state index in [1.54, 1.807) is 0 Å². The smallest absolute Gasteiger partial charge is 0.183 e. The summed E-state index contributed by atoms with van der Waals surface area (Å²) in [4.78, 5) is 15.3. The van der Waals surface area contributed by atoms with Gasteiger partial charge in [-0.15, -0.1) is 0 Å². The molecule has 0 amide bonds. The molecule has 1 fully saturated rings. The molecule has 1 aromatic carbocycles. The van der Waals surface area contributed by atoms with E-state index in [1.165, 1.54) is 0 Å². The Kier molecular flexibility index (Phi) is 5.59. The van der Waals surface area contributed by atoms with Crippen LogP contribution in [-0.4, -0.2) is 49.0 Å². The van der Waals surface area contributed by atoms with Gasteiger partial charge in [-0.3, -0.25) is 9.69 Å². The molecule has 4 heteroatoms. The second kappa shape index (κ2) is 7.25. The number of hydrogen-bond acceptors (Lipinski definition) is 4. The number of carbonyl (C=O) groups is 1. The molecule has 1 aliphatic heterocycles. The van der Waals surface area contributed by atoms with Crippen LogP contribution in [0.5, 0.6) is 5.75 Å². The maximum atomic E-state index is 13.0. The average Bonchev–Trinajstić information content (AvgIpc) is 2.49. The van der Waals surface area contributed by atoms with Crippen LogP contribution in [0.1, 0.15) is 42.3 Å². The summed E-state index contributed by atoms with van der Waals surface area (Å²) < 4.78 is 5.94. The van der Waals surface area contributed by atoms with Crippen molar-refractivity contribution in [2.45, 2.75) is 46.8 Å². The number of carbonyl (C=O) groups excluding carboxylic acids is 1. The second-order valence-electron chi connectivity index (χ2n) is 6.45. The molecule has 1 heterocycles. The van der Waals surface area contributed by atoms with Gasteiger partial charge in [0.1, 0.15) is 5.75 Å². The molecule has 122 valence electrons. The number of benzene rings is 1. The predicted octanol–water partition coefficient (Wildman–Crippen LogP) is 2.57. The number of aryl methyl sites for hydroxylation is 2. The maximum Gasteiger partial charge on any atom is 0.183 e. The van der Waals surface area contributed by atoms with Crippen LogP contribution in [0.25, 0.3) is 0 Å². The Morgan fingerprint density at radius 2 is 1.82 bits per heavy atom. The van der Waals surface area contributed by atoms with Gasteiger partial charge >= 0.3 is 0 Å². The first-order valence-electron chi connectivity index (χ1n) is 8.17. The first-order chi connectivity index (χ1) is 10.4. The highest BCUT2D eigenvalue weighted by molar-refractivity contribution is 6.02. The van der Waals surface area contributed by atoms with Crippen molar-refractivity contribution in [2.75, 3.05) is 26.2 Å². The van der Waals surface area contributed by atoms with E-state index < -0.39 is 0 Å². The number of nitrogens with zero attached hydrogens (tertiary/aromatic N) is 1. The van der Waals surface area contributed by atoms with E-state index in [0.717, 1.165) is 48.6 Å². The van der Waals surface area contributed by atoms with E-state index in [9.17, 15) is 4.79 Å². The molecule has 2 rings (SSSR count). The summed E-state index contributed by atoms with van der Waals surface area (Å²) in [6.45, 7) is 13.7. The lowest BCUT2D eigenvalue weighted by atomic mass is 9.97. The first-order valence-corrected chi connectivity index (χ1v) is 8.17. The third-order valence-electron chi connectivity index (χ3n) is 4.12. The molecular weight excluding hydrogens is 276 g/mol. The fraction of sp³-hybridized carbons (Fsp3) is 0.611. The van der Waals surface area contributed by atoms with E-state index in [4.69, 9.17) is 4.74 Å². The number of ether oxygens (including phenoxy) is 1. The number of nitrogens with one attached hydrogen (secondary N) is 1. The molecule has 1 aromatic rings. The van der Waals surface area contributed by atoms with E-state index >= 15 is 0 Å². The highest BCUT2D eigenvalue weighted by Gasteiger charge is 2.27. The molecule has 22 heavy (non-hydrogen) atoms. The molecule has 4 nitrogen and oxygen atoms in total. The SMILES string of the molecule is Cc1cc(C)c(OC(C)C)c(C(=O)C(C)N2CCNCC2)c1. The zero-order valence-electron chi connectivity index (χ0n) is 14.4.